The van der Waals surface area contributed by atoms with Crippen LogP contribution in [0.2, 0.25) is 0 Å². The van der Waals surface area contributed by atoms with Gasteiger partial charge in [-0.2, -0.15) is 0 Å². The van der Waals surface area contributed by atoms with Crippen LogP contribution in [0.25, 0.3) is 0 Å². The van der Waals surface area contributed by atoms with Crippen molar-refractivity contribution < 1.29 is 27.8 Å². The summed E-state index contributed by atoms with van der Waals surface area (Å²) >= 11 is 0. The molecule has 0 bridgehead atoms. The van der Waals surface area contributed by atoms with Gasteiger partial charge in [-0.25, -0.2) is 21.9 Å². The van der Waals surface area contributed by atoms with E-state index in [2.05, 4.69) is 0 Å². The maximum atomic E-state index is 13.2. The van der Waals surface area contributed by atoms with Crippen LogP contribution in [-0.2, 0) is 10.9 Å². The summed E-state index contributed by atoms with van der Waals surface area (Å²) in [5.74, 6) is -2.55. The molecule has 2 N–H and O–H groups in total. The number of rotatable bonds is 4. The molecule has 21 heavy (non-hydrogen) atoms. The minimum absolute atomic E-state index is 0.000730. The van der Waals surface area contributed by atoms with Gasteiger partial charge in [0.2, 0.25) is 10.9 Å². The Morgan fingerprint density at radius 1 is 1.10 bits per heavy atom. The zero-order valence-electron chi connectivity index (χ0n) is 10.4. The lowest BCUT2D eigenvalue weighted by atomic mass is 10.1. The highest BCUT2D eigenvalue weighted by Crippen LogP contribution is 2.30. The van der Waals surface area contributed by atoms with Gasteiger partial charge in [0.15, 0.2) is 0 Å². The molecule has 0 atom stereocenters. The number of carboxylic acids is 1. The normalized spacial score (nSPS) is 10.6. The van der Waals surface area contributed by atoms with E-state index in [4.69, 9.17) is 5.11 Å². The number of halogens is 1. The molecule has 110 valence electrons. The number of nitrogens with zero attached hydrogens (tertiary/aromatic N) is 1. The minimum Gasteiger partial charge on any atom is -0.507 e. The lowest BCUT2D eigenvalue weighted by Gasteiger charge is -2.18. The number of thiol groups is 1. The maximum absolute atomic E-state index is 13.2. The molecule has 0 aromatic heterocycles. The molecule has 8 heteroatoms. The average Bonchev–Trinajstić information content (AvgIpc) is 2.38. The summed E-state index contributed by atoms with van der Waals surface area (Å²) in [6, 6.07) is 8.13. The number of anilines is 2. The van der Waals surface area contributed by atoms with Gasteiger partial charge in [-0.05, 0) is 30.3 Å². The molecule has 0 saturated heterocycles. The van der Waals surface area contributed by atoms with Gasteiger partial charge in [-0.1, -0.05) is 6.07 Å². The Kier molecular flexibility index (Phi) is 4.08. The number of benzene rings is 2. The van der Waals surface area contributed by atoms with Crippen LogP contribution in [0, 0.1) is 5.82 Å². The van der Waals surface area contributed by atoms with Crippen molar-refractivity contribution in [2.24, 2.45) is 0 Å². The largest absolute Gasteiger partial charge is 0.507 e. The highest BCUT2D eigenvalue weighted by molar-refractivity contribution is 7.74. The summed E-state index contributed by atoms with van der Waals surface area (Å²) in [5.41, 5.74) is -0.327. The van der Waals surface area contributed by atoms with Crippen LogP contribution in [0.1, 0.15) is 10.4 Å². The molecule has 2 aromatic carbocycles. The Hall–Kier alpha value is -2.61. The van der Waals surface area contributed by atoms with Crippen LogP contribution in [0.3, 0.4) is 0 Å². The summed E-state index contributed by atoms with van der Waals surface area (Å²) in [6.07, 6.45) is 0. The SMILES string of the molecule is O=C(O)c1ccc(N(c2cccc(F)c2)[SH](=O)=O)cc1O. The molecule has 2 rings (SSSR count). The molecule has 2 aromatic rings. The number of hydrogen-bond donors (Lipinski definition) is 3. The summed E-state index contributed by atoms with van der Waals surface area (Å²) in [7, 11) is -3.16. The van der Waals surface area contributed by atoms with Gasteiger partial charge in [0.1, 0.15) is 17.1 Å². The van der Waals surface area contributed by atoms with Crippen molar-refractivity contribution in [2.45, 2.75) is 0 Å². The molecule has 0 radical (unpaired) electrons. The van der Waals surface area contributed by atoms with Crippen molar-refractivity contribution in [2.75, 3.05) is 4.31 Å². The summed E-state index contributed by atoms with van der Waals surface area (Å²) in [5, 5.41) is 18.4. The van der Waals surface area contributed by atoms with Crippen molar-refractivity contribution in [3.05, 3.63) is 53.8 Å². The maximum Gasteiger partial charge on any atom is 0.339 e. The van der Waals surface area contributed by atoms with Crippen molar-refractivity contribution in [1.82, 2.24) is 0 Å². The fraction of sp³-hybridized carbons (Fsp3) is 0. The summed E-state index contributed by atoms with van der Waals surface area (Å²) in [4.78, 5) is 10.8. The minimum atomic E-state index is -3.16. The Labute approximate surface area is 120 Å². The highest BCUT2D eigenvalue weighted by Gasteiger charge is 2.16. The van der Waals surface area contributed by atoms with E-state index in [-0.39, 0.29) is 16.9 Å². The fourth-order valence-corrected chi connectivity index (χ4v) is 2.40. The number of carboxylic acid groups (broad SMARTS) is 1. The second kappa shape index (κ2) is 5.80. The second-order valence-corrected chi connectivity index (χ2v) is 4.91. The van der Waals surface area contributed by atoms with Gasteiger partial charge in [0.25, 0.3) is 0 Å². The molecule has 0 aliphatic rings. The van der Waals surface area contributed by atoms with E-state index in [0.717, 1.165) is 28.6 Å². The number of phenols is 1. The molecule has 0 saturated carbocycles. The zero-order chi connectivity index (χ0) is 15.6. The van der Waals surface area contributed by atoms with Crippen LogP contribution in [-0.4, -0.2) is 24.6 Å². The second-order valence-electron chi connectivity index (χ2n) is 4.04. The predicted octanol–water partition coefficient (Wildman–Crippen LogP) is 1.89. The van der Waals surface area contributed by atoms with E-state index in [0.29, 0.717) is 0 Å². The van der Waals surface area contributed by atoms with Gasteiger partial charge < -0.3 is 10.2 Å². The van der Waals surface area contributed by atoms with E-state index >= 15 is 0 Å². The number of hydrogen-bond acceptors (Lipinski definition) is 4. The first-order valence-electron chi connectivity index (χ1n) is 5.66. The van der Waals surface area contributed by atoms with Crippen molar-refractivity contribution in [1.29, 1.82) is 0 Å². The van der Waals surface area contributed by atoms with Crippen LogP contribution < -0.4 is 4.31 Å². The number of carbonyl (C=O) groups is 1. The van der Waals surface area contributed by atoms with Gasteiger partial charge >= 0.3 is 5.97 Å². The van der Waals surface area contributed by atoms with Crippen LogP contribution in [0.15, 0.2) is 42.5 Å². The molecule has 0 aliphatic carbocycles. The van der Waals surface area contributed by atoms with Gasteiger partial charge in [-0.3, -0.25) is 0 Å². The van der Waals surface area contributed by atoms with E-state index in [1.54, 1.807) is 0 Å². The third kappa shape index (κ3) is 3.11. The average molecular weight is 311 g/mol. The zero-order valence-corrected chi connectivity index (χ0v) is 11.3. The lowest BCUT2D eigenvalue weighted by Crippen LogP contribution is -2.14. The first kappa shape index (κ1) is 14.8. The van der Waals surface area contributed by atoms with Crippen LogP contribution in [0.5, 0.6) is 5.75 Å². The standard InChI is InChI=1S/C13H10FNO5S/c14-8-2-1-3-9(6-8)15(21(19)20)10-4-5-11(13(17)18)12(16)7-10/h1-7,16,21H,(H,17,18). The number of aromatic hydroxyl groups is 1. The summed E-state index contributed by atoms with van der Waals surface area (Å²) in [6.45, 7) is 0. The Morgan fingerprint density at radius 2 is 1.76 bits per heavy atom. The quantitative estimate of drug-likeness (QED) is 0.750. The first-order chi connectivity index (χ1) is 9.90. The van der Waals surface area contributed by atoms with E-state index in [1.807, 2.05) is 0 Å². The van der Waals surface area contributed by atoms with Crippen molar-refractivity contribution in [3.63, 3.8) is 0 Å². The van der Waals surface area contributed by atoms with E-state index in [9.17, 15) is 22.7 Å². The monoisotopic (exact) mass is 311 g/mol. The van der Waals surface area contributed by atoms with Crippen LogP contribution in [0.4, 0.5) is 15.8 Å². The van der Waals surface area contributed by atoms with Crippen molar-refractivity contribution in [3.8, 4) is 5.75 Å². The fourth-order valence-electron chi connectivity index (χ4n) is 1.78. The smallest absolute Gasteiger partial charge is 0.339 e. The molecule has 0 unspecified atom stereocenters. The predicted molar refractivity (Wildman–Crippen MR) is 73.9 cm³/mol. The van der Waals surface area contributed by atoms with Gasteiger partial charge in [0, 0.05) is 6.07 Å². The third-order valence-corrected chi connectivity index (χ3v) is 3.46. The lowest BCUT2D eigenvalue weighted by molar-refractivity contribution is 0.0694. The van der Waals surface area contributed by atoms with Crippen molar-refractivity contribution >= 4 is 28.2 Å². The highest BCUT2D eigenvalue weighted by atomic mass is 32.2. The Bertz CT molecular complexity index is 767. The molecule has 0 spiro atoms. The molecule has 0 fully saturated rings. The topological polar surface area (TPSA) is 94.9 Å². The van der Waals surface area contributed by atoms with Gasteiger partial charge in [0.05, 0.1) is 11.4 Å². The first-order valence-corrected chi connectivity index (χ1v) is 6.79. The molecular weight excluding hydrogens is 301 g/mol. The van der Waals surface area contributed by atoms with Gasteiger partial charge in [-0.15, -0.1) is 0 Å². The Balaban J connectivity index is 2.54. The molecule has 0 heterocycles. The molecular formula is C13H10FNO5S. The number of aromatic carboxylic acids is 1. The van der Waals surface area contributed by atoms with E-state index < -0.39 is 28.4 Å². The molecule has 6 nitrogen and oxygen atoms in total. The van der Waals surface area contributed by atoms with Crippen LogP contribution >= 0.6 is 0 Å². The Morgan fingerprint density at radius 3 is 2.29 bits per heavy atom. The molecule has 0 aliphatic heterocycles. The molecule has 0 amide bonds. The van der Waals surface area contributed by atoms with E-state index in [1.165, 1.54) is 18.2 Å². The third-order valence-electron chi connectivity index (χ3n) is 2.67. The summed E-state index contributed by atoms with van der Waals surface area (Å²) < 4.78 is 36.7.